The number of benzene rings is 1. The van der Waals surface area contributed by atoms with Crippen molar-refractivity contribution < 1.29 is 0 Å². The average Bonchev–Trinajstić information content (AvgIpc) is 2.83. The highest BCUT2D eigenvalue weighted by Crippen LogP contribution is 2.30. The van der Waals surface area contributed by atoms with Crippen molar-refractivity contribution in [2.45, 2.75) is 32.6 Å². The van der Waals surface area contributed by atoms with Crippen molar-refractivity contribution in [3.05, 3.63) is 28.3 Å². The van der Waals surface area contributed by atoms with Gasteiger partial charge in [-0.2, -0.15) is 0 Å². The Morgan fingerprint density at radius 1 is 1.29 bits per heavy atom. The SMILES string of the molecule is Cc1cc(CCCN)c(Cl)cc1N1CCCC1. The van der Waals surface area contributed by atoms with E-state index in [9.17, 15) is 0 Å². The summed E-state index contributed by atoms with van der Waals surface area (Å²) in [4.78, 5) is 2.44. The van der Waals surface area contributed by atoms with Crippen molar-refractivity contribution in [3.8, 4) is 0 Å². The monoisotopic (exact) mass is 252 g/mol. The van der Waals surface area contributed by atoms with E-state index in [1.54, 1.807) is 0 Å². The van der Waals surface area contributed by atoms with Crippen LogP contribution in [0.2, 0.25) is 5.02 Å². The lowest BCUT2D eigenvalue weighted by molar-refractivity contribution is 0.831. The molecule has 0 spiro atoms. The first-order chi connectivity index (χ1) is 8.22. The third-order valence-corrected chi connectivity index (χ3v) is 3.81. The molecule has 1 aliphatic heterocycles. The van der Waals surface area contributed by atoms with Crippen molar-refractivity contribution in [2.75, 3.05) is 24.5 Å². The smallest absolute Gasteiger partial charge is 0.0458 e. The second-order valence-corrected chi connectivity index (χ2v) is 5.22. The van der Waals surface area contributed by atoms with E-state index < -0.39 is 0 Å². The summed E-state index contributed by atoms with van der Waals surface area (Å²) in [6, 6.07) is 4.36. The van der Waals surface area contributed by atoms with Gasteiger partial charge in [0, 0.05) is 23.8 Å². The maximum atomic E-state index is 6.35. The zero-order valence-electron chi connectivity index (χ0n) is 10.5. The summed E-state index contributed by atoms with van der Waals surface area (Å²) >= 11 is 6.35. The van der Waals surface area contributed by atoms with E-state index in [1.165, 1.54) is 42.7 Å². The van der Waals surface area contributed by atoms with Crippen LogP contribution in [0, 0.1) is 6.92 Å². The van der Waals surface area contributed by atoms with Gasteiger partial charge >= 0.3 is 0 Å². The molecule has 0 unspecified atom stereocenters. The van der Waals surface area contributed by atoms with Crippen LogP contribution >= 0.6 is 11.6 Å². The van der Waals surface area contributed by atoms with E-state index in [-0.39, 0.29) is 0 Å². The molecule has 0 radical (unpaired) electrons. The molecular weight excluding hydrogens is 232 g/mol. The number of rotatable bonds is 4. The van der Waals surface area contributed by atoms with Gasteiger partial charge in [0.25, 0.3) is 0 Å². The second-order valence-electron chi connectivity index (χ2n) is 4.82. The molecule has 2 N–H and O–H groups in total. The lowest BCUT2D eigenvalue weighted by atomic mass is 10.0. The van der Waals surface area contributed by atoms with Gasteiger partial charge in [-0.3, -0.25) is 0 Å². The number of hydrogen-bond donors (Lipinski definition) is 1. The molecule has 1 aromatic rings. The lowest BCUT2D eigenvalue weighted by Crippen LogP contribution is -2.18. The fourth-order valence-corrected chi connectivity index (χ4v) is 2.77. The average molecular weight is 253 g/mol. The Labute approximate surface area is 109 Å². The zero-order valence-corrected chi connectivity index (χ0v) is 11.3. The molecule has 1 saturated heterocycles. The Kier molecular flexibility index (Phi) is 4.30. The van der Waals surface area contributed by atoms with Gasteiger partial charge in [-0.1, -0.05) is 17.7 Å². The predicted octanol–water partition coefficient (Wildman–Crippen LogP) is 3.14. The molecule has 0 amide bonds. The van der Waals surface area contributed by atoms with Gasteiger partial charge in [0.1, 0.15) is 0 Å². The van der Waals surface area contributed by atoms with Crippen LogP contribution in [0.1, 0.15) is 30.4 Å². The summed E-state index contributed by atoms with van der Waals surface area (Å²) in [5.41, 5.74) is 9.42. The molecule has 0 bridgehead atoms. The Morgan fingerprint density at radius 3 is 2.65 bits per heavy atom. The molecule has 17 heavy (non-hydrogen) atoms. The van der Waals surface area contributed by atoms with Crippen LogP contribution in [0.3, 0.4) is 0 Å². The Balaban J connectivity index is 2.21. The highest BCUT2D eigenvalue weighted by molar-refractivity contribution is 6.31. The molecule has 0 atom stereocenters. The first-order valence-electron chi connectivity index (χ1n) is 6.46. The summed E-state index contributed by atoms with van der Waals surface area (Å²) in [6.07, 6.45) is 4.58. The Bertz CT molecular complexity index is 384. The van der Waals surface area contributed by atoms with Crippen LogP contribution in [0.15, 0.2) is 12.1 Å². The molecule has 2 nitrogen and oxygen atoms in total. The first-order valence-corrected chi connectivity index (χ1v) is 6.84. The molecule has 94 valence electrons. The third kappa shape index (κ3) is 2.93. The van der Waals surface area contributed by atoms with E-state index >= 15 is 0 Å². The van der Waals surface area contributed by atoms with Crippen molar-refractivity contribution in [1.82, 2.24) is 0 Å². The van der Waals surface area contributed by atoms with Crippen molar-refractivity contribution in [1.29, 1.82) is 0 Å². The number of halogens is 1. The lowest BCUT2D eigenvalue weighted by Gasteiger charge is -2.21. The maximum absolute atomic E-state index is 6.35. The summed E-state index contributed by atoms with van der Waals surface area (Å²) in [7, 11) is 0. The van der Waals surface area contributed by atoms with Crippen molar-refractivity contribution >= 4 is 17.3 Å². The quantitative estimate of drug-likeness (QED) is 0.892. The van der Waals surface area contributed by atoms with Gasteiger partial charge in [-0.15, -0.1) is 0 Å². The second kappa shape index (κ2) is 5.74. The van der Waals surface area contributed by atoms with E-state index in [0.29, 0.717) is 0 Å². The molecule has 1 heterocycles. The van der Waals surface area contributed by atoms with Gasteiger partial charge in [-0.25, -0.2) is 0 Å². The molecule has 0 aromatic heterocycles. The normalized spacial score (nSPS) is 15.6. The summed E-state index contributed by atoms with van der Waals surface area (Å²) < 4.78 is 0. The summed E-state index contributed by atoms with van der Waals surface area (Å²) in [6.45, 7) is 5.23. The minimum absolute atomic E-state index is 0.725. The van der Waals surface area contributed by atoms with Crippen LogP contribution in [-0.4, -0.2) is 19.6 Å². The highest BCUT2D eigenvalue weighted by Gasteiger charge is 2.15. The molecule has 3 heteroatoms. The Hall–Kier alpha value is -0.730. The van der Waals surface area contributed by atoms with E-state index in [4.69, 9.17) is 17.3 Å². The van der Waals surface area contributed by atoms with Gasteiger partial charge in [0.15, 0.2) is 0 Å². The van der Waals surface area contributed by atoms with Gasteiger partial charge in [0.2, 0.25) is 0 Å². The maximum Gasteiger partial charge on any atom is 0.0458 e. The predicted molar refractivity (Wildman–Crippen MR) is 75.0 cm³/mol. The number of nitrogens with zero attached hydrogens (tertiary/aromatic N) is 1. The number of anilines is 1. The van der Waals surface area contributed by atoms with Crippen LogP contribution in [-0.2, 0) is 6.42 Å². The Morgan fingerprint density at radius 2 is 2.00 bits per heavy atom. The fourth-order valence-electron chi connectivity index (χ4n) is 2.51. The van der Waals surface area contributed by atoms with Crippen LogP contribution < -0.4 is 10.6 Å². The molecule has 1 fully saturated rings. The summed E-state index contributed by atoms with van der Waals surface area (Å²) in [5.74, 6) is 0. The molecule has 1 aliphatic rings. The van der Waals surface area contributed by atoms with E-state index in [2.05, 4.69) is 24.0 Å². The van der Waals surface area contributed by atoms with Crippen LogP contribution in [0.4, 0.5) is 5.69 Å². The van der Waals surface area contributed by atoms with E-state index in [0.717, 1.165) is 24.4 Å². The third-order valence-electron chi connectivity index (χ3n) is 3.46. The molecular formula is C14H21ClN2. The van der Waals surface area contributed by atoms with E-state index in [1.807, 2.05) is 0 Å². The minimum atomic E-state index is 0.725. The van der Waals surface area contributed by atoms with Crippen molar-refractivity contribution in [2.24, 2.45) is 5.73 Å². The molecule has 0 saturated carbocycles. The van der Waals surface area contributed by atoms with Gasteiger partial charge < -0.3 is 10.6 Å². The van der Waals surface area contributed by atoms with Crippen LogP contribution in [0.25, 0.3) is 0 Å². The molecule has 0 aliphatic carbocycles. The zero-order chi connectivity index (χ0) is 12.3. The van der Waals surface area contributed by atoms with Crippen LogP contribution in [0.5, 0.6) is 0 Å². The standard InChI is InChI=1S/C14H21ClN2/c1-11-9-12(5-4-6-16)13(15)10-14(11)17-7-2-3-8-17/h9-10H,2-8,16H2,1H3. The summed E-state index contributed by atoms with van der Waals surface area (Å²) in [5, 5.41) is 0.894. The largest absolute Gasteiger partial charge is 0.371 e. The van der Waals surface area contributed by atoms with Gasteiger partial charge in [0.05, 0.1) is 0 Å². The molecule has 1 aromatic carbocycles. The fraction of sp³-hybridized carbons (Fsp3) is 0.571. The van der Waals surface area contributed by atoms with Gasteiger partial charge in [-0.05, 0) is 56.3 Å². The molecule has 2 rings (SSSR count). The first kappa shape index (κ1) is 12.7. The number of nitrogens with two attached hydrogens (primary N) is 1. The van der Waals surface area contributed by atoms with Crippen molar-refractivity contribution in [3.63, 3.8) is 0 Å². The topological polar surface area (TPSA) is 29.3 Å². The minimum Gasteiger partial charge on any atom is -0.371 e. The highest BCUT2D eigenvalue weighted by atomic mass is 35.5. The number of hydrogen-bond acceptors (Lipinski definition) is 2. The number of aryl methyl sites for hydroxylation is 2.